The Morgan fingerprint density at radius 3 is 2.63 bits per heavy atom. The quantitative estimate of drug-likeness (QED) is 0.673. The van der Waals surface area contributed by atoms with Gasteiger partial charge in [-0.25, -0.2) is 23.2 Å². The Kier molecular flexibility index (Phi) is 5.26. The number of benzene rings is 2. The molecular formula is C17H16ClN5O3S. The maximum Gasteiger partial charge on any atom is 0.240 e. The van der Waals surface area contributed by atoms with E-state index in [1.165, 1.54) is 23.1 Å². The van der Waals surface area contributed by atoms with E-state index in [0.717, 1.165) is 0 Å². The van der Waals surface area contributed by atoms with Crippen LogP contribution in [0.1, 0.15) is 11.4 Å². The number of nitrogens with one attached hydrogen (secondary N) is 1. The fourth-order valence-electron chi connectivity index (χ4n) is 2.55. The van der Waals surface area contributed by atoms with E-state index in [-0.39, 0.29) is 28.6 Å². The van der Waals surface area contributed by atoms with E-state index in [4.69, 9.17) is 16.7 Å². The third kappa shape index (κ3) is 4.33. The Bertz CT molecular complexity index is 1110. The lowest BCUT2D eigenvalue weighted by Gasteiger charge is -2.12. The van der Waals surface area contributed by atoms with Crippen LogP contribution in [0.4, 0.5) is 5.69 Å². The first-order valence-electron chi connectivity index (χ1n) is 7.83. The molecule has 0 atom stereocenters. The molecule has 2 aromatic carbocycles. The number of anilines is 1. The number of carbonyl (C=O) groups excluding carboxylic acids is 1. The minimum absolute atomic E-state index is 0.0499. The van der Waals surface area contributed by atoms with Crippen molar-refractivity contribution in [2.75, 3.05) is 5.32 Å². The number of carbonyl (C=O) groups is 1. The minimum atomic E-state index is -4.06. The molecule has 0 unspecified atom stereocenters. The van der Waals surface area contributed by atoms with Crippen LogP contribution in [0.5, 0.6) is 0 Å². The highest BCUT2D eigenvalue weighted by Crippen LogP contribution is 2.24. The second kappa shape index (κ2) is 7.47. The van der Waals surface area contributed by atoms with Crippen molar-refractivity contribution in [3.8, 4) is 5.69 Å². The molecule has 0 saturated heterocycles. The second-order valence-corrected chi connectivity index (χ2v) is 7.70. The highest BCUT2D eigenvalue weighted by molar-refractivity contribution is 7.89. The standard InChI is InChI=1S/C17H16ClN5O3S/c1-11-20-10-21-23(11)15-7-6-13(9-16(15)27(19,25)26)22-17(24)8-12-4-2-3-5-14(12)18/h2-7,9-10H,8H2,1H3,(H,22,24)(H2,19,25,26). The van der Waals surface area contributed by atoms with E-state index in [9.17, 15) is 13.2 Å². The molecule has 0 saturated carbocycles. The fourth-order valence-corrected chi connectivity index (χ4v) is 3.49. The predicted molar refractivity (Wildman–Crippen MR) is 101 cm³/mol. The molecule has 0 aliphatic rings. The maximum atomic E-state index is 12.3. The zero-order valence-corrected chi connectivity index (χ0v) is 15.8. The Balaban J connectivity index is 1.90. The van der Waals surface area contributed by atoms with Crippen LogP contribution >= 0.6 is 11.6 Å². The molecule has 0 aliphatic heterocycles. The van der Waals surface area contributed by atoms with E-state index in [1.807, 2.05) is 0 Å². The highest BCUT2D eigenvalue weighted by Gasteiger charge is 2.19. The number of amides is 1. The number of hydrogen-bond donors (Lipinski definition) is 2. The summed E-state index contributed by atoms with van der Waals surface area (Å²) in [4.78, 5) is 16.1. The topological polar surface area (TPSA) is 120 Å². The molecule has 10 heteroatoms. The molecule has 1 heterocycles. The average molecular weight is 406 g/mol. The van der Waals surface area contributed by atoms with E-state index >= 15 is 0 Å². The van der Waals surface area contributed by atoms with Crippen molar-refractivity contribution in [1.29, 1.82) is 0 Å². The first-order chi connectivity index (χ1) is 12.8. The van der Waals surface area contributed by atoms with Crippen LogP contribution in [-0.4, -0.2) is 29.1 Å². The van der Waals surface area contributed by atoms with Crippen LogP contribution in [0.3, 0.4) is 0 Å². The van der Waals surface area contributed by atoms with E-state index < -0.39 is 10.0 Å². The normalized spacial score (nSPS) is 11.4. The molecule has 3 N–H and O–H groups in total. The Labute approximate surface area is 161 Å². The summed E-state index contributed by atoms with van der Waals surface area (Å²) in [6.07, 6.45) is 1.36. The Morgan fingerprint density at radius 2 is 2.00 bits per heavy atom. The zero-order valence-electron chi connectivity index (χ0n) is 14.3. The molecule has 0 radical (unpaired) electrons. The summed E-state index contributed by atoms with van der Waals surface area (Å²) in [6, 6.07) is 11.3. The van der Waals surface area contributed by atoms with Crippen LogP contribution < -0.4 is 10.5 Å². The van der Waals surface area contributed by atoms with Gasteiger partial charge < -0.3 is 5.32 Å². The van der Waals surface area contributed by atoms with Crippen molar-refractivity contribution in [2.24, 2.45) is 5.14 Å². The van der Waals surface area contributed by atoms with Crippen LogP contribution in [-0.2, 0) is 21.2 Å². The van der Waals surface area contributed by atoms with Gasteiger partial charge in [0.1, 0.15) is 17.0 Å². The van der Waals surface area contributed by atoms with Gasteiger partial charge in [-0.2, -0.15) is 5.10 Å². The van der Waals surface area contributed by atoms with Gasteiger partial charge in [0, 0.05) is 10.7 Å². The smallest absolute Gasteiger partial charge is 0.240 e. The Hall–Kier alpha value is -2.75. The van der Waals surface area contributed by atoms with Gasteiger partial charge in [0.05, 0.1) is 12.1 Å². The van der Waals surface area contributed by atoms with E-state index in [2.05, 4.69) is 15.4 Å². The summed E-state index contributed by atoms with van der Waals surface area (Å²) in [7, 11) is -4.06. The highest BCUT2D eigenvalue weighted by atomic mass is 35.5. The molecule has 1 aromatic heterocycles. The van der Waals surface area contributed by atoms with E-state index in [0.29, 0.717) is 16.4 Å². The predicted octanol–water partition coefficient (Wildman–Crippen LogP) is 2.06. The first kappa shape index (κ1) is 19.0. The van der Waals surface area contributed by atoms with Crippen LogP contribution in [0.15, 0.2) is 53.7 Å². The average Bonchev–Trinajstić information content (AvgIpc) is 3.02. The molecule has 3 aromatic rings. The number of aromatic nitrogens is 3. The van der Waals surface area contributed by atoms with Crippen molar-refractivity contribution in [3.05, 3.63) is 65.2 Å². The number of aryl methyl sites for hydroxylation is 1. The third-order valence-electron chi connectivity index (χ3n) is 3.81. The third-order valence-corrected chi connectivity index (χ3v) is 5.11. The maximum absolute atomic E-state index is 12.3. The number of rotatable bonds is 5. The summed E-state index contributed by atoms with van der Waals surface area (Å²) in [6.45, 7) is 1.68. The summed E-state index contributed by atoms with van der Waals surface area (Å²) >= 11 is 6.06. The monoisotopic (exact) mass is 405 g/mol. The Morgan fingerprint density at radius 1 is 1.26 bits per heavy atom. The van der Waals surface area contributed by atoms with Crippen molar-refractivity contribution < 1.29 is 13.2 Å². The molecular weight excluding hydrogens is 390 g/mol. The van der Waals surface area contributed by atoms with Gasteiger partial charge in [0.15, 0.2) is 0 Å². The van der Waals surface area contributed by atoms with Crippen molar-refractivity contribution in [2.45, 2.75) is 18.2 Å². The van der Waals surface area contributed by atoms with Gasteiger partial charge in [-0.15, -0.1) is 0 Å². The number of sulfonamides is 1. The summed E-state index contributed by atoms with van der Waals surface area (Å²) < 4.78 is 25.4. The van der Waals surface area contributed by atoms with Gasteiger partial charge in [0.2, 0.25) is 15.9 Å². The van der Waals surface area contributed by atoms with Gasteiger partial charge >= 0.3 is 0 Å². The minimum Gasteiger partial charge on any atom is -0.326 e. The SMILES string of the molecule is Cc1ncnn1-c1ccc(NC(=O)Cc2ccccc2Cl)cc1S(N)(=O)=O. The lowest BCUT2D eigenvalue weighted by atomic mass is 10.1. The van der Waals surface area contributed by atoms with Crippen molar-refractivity contribution >= 4 is 33.2 Å². The zero-order chi connectivity index (χ0) is 19.6. The molecule has 3 rings (SSSR count). The molecule has 0 bridgehead atoms. The second-order valence-electron chi connectivity index (χ2n) is 5.76. The molecule has 140 valence electrons. The molecule has 1 amide bonds. The lowest BCUT2D eigenvalue weighted by molar-refractivity contribution is -0.115. The number of nitrogens with zero attached hydrogens (tertiary/aromatic N) is 3. The molecule has 27 heavy (non-hydrogen) atoms. The van der Waals surface area contributed by atoms with Crippen LogP contribution in [0.2, 0.25) is 5.02 Å². The molecule has 8 nitrogen and oxygen atoms in total. The number of primary sulfonamides is 1. The summed E-state index contributed by atoms with van der Waals surface area (Å²) in [5.41, 5.74) is 1.20. The summed E-state index contributed by atoms with van der Waals surface area (Å²) in [5.74, 6) is 0.156. The van der Waals surface area contributed by atoms with Gasteiger partial charge in [-0.1, -0.05) is 29.8 Å². The largest absolute Gasteiger partial charge is 0.326 e. The van der Waals surface area contributed by atoms with E-state index in [1.54, 1.807) is 37.3 Å². The lowest BCUT2D eigenvalue weighted by Crippen LogP contribution is -2.18. The van der Waals surface area contributed by atoms with Gasteiger partial charge in [0.25, 0.3) is 0 Å². The molecule has 0 fully saturated rings. The first-order valence-corrected chi connectivity index (χ1v) is 9.75. The summed E-state index contributed by atoms with van der Waals surface area (Å²) in [5, 5.41) is 12.5. The number of hydrogen-bond acceptors (Lipinski definition) is 5. The number of halogens is 1. The van der Waals surface area contributed by atoms with Crippen LogP contribution in [0, 0.1) is 6.92 Å². The van der Waals surface area contributed by atoms with Gasteiger partial charge in [-0.3, -0.25) is 4.79 Å². The fraction of sp³-hybridized carbons (Fsp3) is 0.118. The van der Waals surface area contributed by atoms with Crippen molar-refractivity contribution in [1.82, 2.24) is 14.8 Å². The molecule has 0 spiro atoms. The van der Waals surface area contributed by atoms with Gasteiger partial charge in [-0.05, 0) is 36.8 Å². The van der Waals surface area contributed by atoms with Crippen LogP contribution in [0.25, 0.3) is 5.69 Å². The number of nitrogens with two attached hydrogens (primary N) is 1. The van der Waals surface area contributed by atoms with Crippen molar-refractivity contribution in [3.63, 3.8) is 0 Å². The molecule has 0 aliphatic carbocycles.